The summed E-state index contributed by atoms with van der Waals surface area (Å²) in [4.78, 5) is 6.42. The van der Waals surface area contributed by atoms with E-state index in [9.17, 15) is 5.11 Å². The van der Waals surface area contributed by atoms with E-state index in [-0.39, 0.29) is 6.10 Å². The van der Waals surface area contributed by atoms with Crippen molar-refractivity contribution in [3.05, 3.63) is 35.5 Å². The zero-order valence-corrected chi connectivity index (χ0v) is 13.0. The molecule has 4 atom stereocenters. The maximum atomic E-state index is 10.0. The summed E-state index contributed by atoms with van der Waals surface area (Å²) in [6.45, 7) is 2.43. The van der Waals surface area contributed by atoms with Gasteiger partial charge in [-0.2, -0.15) is 0 Å². The van der Waals surface area contributed by atoms with Crippen LogP contribution in [-0.4, -0.2) is 34.2 Å². The maximum absolute atomic E-state index is 10.0. The van der Waals surface area contributed by atoms with Crippen LogP contribution in [0.25, 0.3) is 10.9 Å². The van der Waals surface area contributed by atoms with E-state index in [1.807, 2.05) is 0 Å². The van der Waals surface area contributed by atoms with E-state index in [4.69, 9.17) is 0 Å². The molecule has 0 unspecified atom stereocenters. The molecule has 3 nitrogen and oxygen atoms in total. The molecule has 2 aliphatic heterocycles. The Kier molecular flexibility index (Phi) is 2.89. The molecular formula is C19H24N2O. The quantitative estimate of drug-likeness (QED) is 0.783. The Morgan fingerprint density at radius 1 is 1.09 bits per heavy atom. The second-order valence-electron chi connectivity index (χ2n) is 7.55. The number of para-hydroxylation sites is 1. The number of H-pyrrole nitrogens is 1. The zero-order chi connectivity index (χ0) is 14.7. The lowest BCUT2D eigenvalue weighted by Crippen LogP contribution is -2.48. The summed E-state index contributed by atoms with van der Waals surface area (Å²) in [6.07, 6.45) is 5.59. The lowest BCUT2D eigenvalue weighted by atomic mass is 9.70. The van der Waals surface area contributed by atoms with Crippen LogP contribution in [0.4, 0.5) is 0 Å². The van der Waals surface area contributed by atoms with Gasteiger partial charge in [-0.15, -0.1) is 0 Å². The largest absolute Gasteiger partial charge is 0.393 e. The molecule has 3 heterocycles. The SMILES string of the molecule is O[C@@H]1CC[C@@H]2CN3CCc4c([nH]c5ccccc45)[C@H]3C[C@H]2C1. The Balaban J connectivity index is 1.53. The predicted octanol–water partition coefficient (Wildman–Crippen LogP) is 3.25. The molecule has 0 spiro atoms. The van der Waals surface area contributed by atoms with E-state index in [0.717, 1.165) is 18.8 Å². The summed E-state index contributed by atoms with van der Waals surface area (Å²) in [6, 6.07) is 9.28. The molecule has 0 radical (unpaired) electrons. The molecule has 1 aliphatic carbocycles. The monoisotopic (exact) mass is 296 g/mol. The summed E-state index contributed by atoms with van der Waals surface area (Å²) >= 11 is 0. The van der Waals surface area contributed by atoms with Crippen LogP contribution < -0.4 is 0 Å². The van der Waals surface area contributed by atoms with Crippen LogP contribution in [0.5, 0.6) is 0 Å². The summed E-state index contributed by atoms with van der Waals surface area (Å²) in [5, 5.41) is 11.5. The zero-order valence-electron chi connectivity index (χ0n) is 13.0. The van der Waals surface area contributed by atoms with Crippen molar-refractivity contribution in [3.63, 3.8) is 0 Å². The molecule has 0 amide bonds. The fourth-order valence-corrected chi connectivity index (χ4v) is 5.27. The minimum Gasteiger partial charge on any atom is -0.393 e. The van der Waals surface area contributed by atoms with Gasteiger partial charge in [-0.25, -0.2) is 0 Å². The highest BCUT2D eigenvalue weighted by molar-refractivity contribution is 5.85. The molecule has 1 saturated carbocycles. The minimum absolute atomic E-state index is 0.0569. The molecular weight excluding hydrogens is 272 g/mol. The van der Waals surface area contributed by atoms with Crippen LogP contribution in [0.3, 0.4) is 0 Å². The smallest absolute Gasteiger partial charge is 0.0543 e. The van der Waals surface area contributed by atoms with Crippen molar-refractivity contribution in [1.82, 2.24) is 9.88 Å². The van der Waals surface area contributed by atoms with Gasteiger partial charge in [0.15, 0.2) is 0 Å². The molecule has 2 N–H and O–H groups in total. The number of nitrogens with one attached hydrogen (secondary N) is 1. The highest BCUT2D eigenvalue weighted by Gasteiger charge is 2.42. The maximum Gasteiger partial charge on any atom is 0.0543 e. The highest BCUT2D eigenvalue weighted by atomic mass is 16.3. The van der Waals surface area contributed by atoms with Gasteiger partial charge >= 0.3 is 0 Å². The second-order valence-corrected chi connectivity index (χ2v) is 7.55. The molecule has 116 valence electrons. The van der Waals surface area contributed by atoms with Gasteiger partial charge in [-0.05, 0) is 55.6 Å². The molecule has 2 aromatic rings. The summed E-state index contributed by atoms with van der Waals surface area (Å²) in [5.41, 5.74) is 4.30. The molecule has 1 aromatic carbocycles. The molecule has 3 heteroatoms. The fraction of sp³-hybridized carbons (Fsp3) is 0.579. The topological polar surface area (TPSA) is 39.3 Å². The third kappa shape index (κ3) is 1.88. The van der Waals surface area contributed by atoms with Crippen LogP contribution in [0.15, 0.2) is 24.3 Å². The van der Waals surface area contributed by atoms with Crippen LogP contribution >= 0.6 is 0 Å². The molecule has 5 rings (SSSR count). The molecule has 3 aliphatic rings. The number of hydrogen-bond acceptors (Lipinski definition) is 2. The van der Waals surface area contributed by atoms with Crippen LogP contribution in [0.2, 0.25) is 0 Å². The minimum atomic E-state index is -0.0569. The Bertz CT molecular complexity index is 707. The lowest BCUT2D eigenvalue weighted by molar-refractivity contribution is -0.0107. The number of aliphatic hydroxyl groups excluding tert-OH is 1. The Morgan fingerprint density at radius 2 is 2.00 bits per heavy atom. The number of benzene rings is 1. The van der Waals surface area contributed by atoms with Gasteiger partial charge in [0.25, 0.3) is 0 Å². The number of hydrogen-bond donors (Lipinski definition) is 2. The molecule has 1 saturated heterocycles. The van der Waals surface area contributed by atoms with Gasteiger partial charge in [-0.3, -0.25) is 4.90 Å². The van der Waals surface area contributed by atoms with Gasteiger partial charge in [-0.1, -0.05) is 18.2 Å². The van der Waals surface area contributed by atoms with Gasteiger partial charge in [0, 0.05) is 29.7 Å². The van der Waals surface area contributed by atoms with Crippen molar-refractivity contribution in [2.75, 3.05) is 13.1 Å². The first kappa shape index (κ1) is 13.1. The number of aliphatic hydroxyl groups is 1. The first-order chi connectivity index (χ1) is 10.8. The normalized spacial score (nSPS) is 35.0. The van der Waals surface area contributed by atoms with Crippen molar-refractivity contribution < 1.29 is 5.11 Å². The molecule has 22 heavy (non-hydrogen) atoms. The number of aromatic amines is 1. The molecule has 0 bridgehead atoms. The van der Waals surface area contributed by atoms with E-state index in [1.54, 1.807) is 5.56 Å². The molecule has 1 aromatic heterocycles. The van der Waals surface area contributed by atoms with E-state index in [1.165, 1.54) is 48.9 Å². The third-order valence-electron chi connectivity index (χ3n) is 6.38. The number of piperidine rings is 1. The average molecular weight is 296 g/mol. The lowest BCUT2D eigenvalue weighted by Gasteiger charge is -2.48. The first-order valence-electron chi connectivity index (χ1n) is 8.81. The van der Waals surface area contributed by atoms with Gasteiger partial charge in [0.2, 0.25) is 0 Å². The average Bonchev–Trinajstić information content (AvgIpc) is 2.92. The highest BCUT2D eigenvalue weighted by Crippen LogP contribution is 2.46. The van der Waals surface area contributed by atoms with Crippen LogP contribution in [0.1, 0.15) is 43.0 Å². The van der Waals surface area contributed by atoms with E-state index in [2.05, 4.69) is 34.1 Å². The summed E-state index contributed by atoms with van der Waals surface area (Å²) in [7, 11) is 0. The van der Waals surface area contributed by atoms with Gasteiger partial charge < -0.3 is 10.1 Å². The van der Waals surface area contributed by atoms with Crippen molar-refractivity contribution in [1.29, 1.82) is 0 Å². The Hall–Kier alpha value is -1.32. The Labute approximate surface area is 131 Å². The van der Waals surface area contributed by atoms with Crippen molar-refractivity contribution >= 4 is 10.9 Å². The summed E-state index contributed by atoms with van der Waals surface area (Å²) in [5.74, 6) is 1.52. The molecule has 2 fully saturated rings. The van der Waals surface area contributed by atoms with E-state index >= 15 is 0 Å². The van der Waals surface area contributed by atoms with Crippen LogP contribution in [-0.2, 0) is 6.42 Å². The second kappa shape index (κ2) is 4.84. The van der Waals surface area contributed by atoms with Crippen molar-refractivity contribution in [2.45, 2.75) is 44.2 Å². The Morgan fingerprint density at radius 3 is 2.95 bits per heavy atom. The van der Waals surface area contributed by atoms with Crippen molar-refractivity contribution in [3.8, 4) is 0 Å². The number of fused-ring (bicyclic) bond motifs is 6. The first-order valence-corrected chi connectivity index (χ1v) is 8.81. The third-order valence-corrected chi connectivity index (χ3v) is 6.38. The van der Waals surface area contributed by atoms with Gasteiger partial charge in [0.1, 0.15) is 0 Å². The standard InChI is InChI=1S/C19H24N2O/c22-14-6-5-12-11-21-8-7-16-15-3-1-2-4-17(15)20-19(16)18(21)10-13(12)9-14/h1-4,12-14,18,20,22H,5-11H2/t12-,13-,14-,18-/m1/s1. The van der Waals surface area contributed by atoms with E-state index in [0.29, 0.717) is 12.0 Å². The number of aromatic nitrogens is 1. The predicted molar refractivity (Wildman–Crippen MR) is 87.8 cm³/mol. The number of rotatable bonds is 0. The fourth-order valence-electron chi connectivity index (χ4n) is 5.27. The number of nitrogens with zero attached hydrogens (tertiary/aromatic N) is 1. The summed E-state index contributed by atoms with van der Waals surface area (Å²) < 4.78 is 0. The van der Waals surface area contributed by atoms with Gasteiger partial charge in [0.05, 0.1) is 12.1 Å². The van der Waals surface area contributed by atoms with E-state index < -0.39 is 0 Å². The van der Waals surface area contributed by atoms with Crippen LogP contribution in [0, 0.1) is 11.8 Å². The van der Waals surface area contributed by atoms with Crippen molar-refractivity contribution in [2.24, 2.45) is 11.8 Å².